The molecule has 1 nitrogen and oxygen atoms in total. The third-order valence-electron chi connectivity index (χ3n) is 2.93. The lowest BCUT2D eigenvalue weighted by molar-refractivity contribution is 0.0129. The number of benzene rings is 1. The van der Waals surface area contributed by atoms with E-state index in [4.69, 9.17) is 4.74 Å². The third-order valence-corrected chi connectivity index (χ3v) is 2.93. The Hall–Kier alpha value is -0.960. The maximum absolute atomic E-state index is 13.6. The van der Waals surface area contributed by atoms with E-state index in [9.17, 15) is 8.78 Å². The molecule has 1 fully saturated rings. The summed E-state index contributed by atoms with van der Waals surface area (Å²) in [7, 11) is 0. The second-order valence-electron chi connectivity index (χ2n) is 4.48. The van der Waals surface area contributed by atoms with Crippen molar-refractivity contribution in [3.05, 3.63) is 35.4 Å². The van der Waals surface area contributed by atoms with Crippen LogP contribution in [0.25, 0.3) is 0 Å². The Morgan fingerprint density at radius 2 is 2.13 bits per heavy atom. The van der Waals surface area contributed by atoms with Crippen molar-refractivity contribution in [2.24, 2.45) is 5.92 Å². The molecule has 1 aliphatic heterocycles. The van der Waals surface area contributed by atoms with E-state index in [2.05, 4.69) is 6.92 Å². The third kappa shape index (κ3) is 1.88. The van der Waals surface area contributed by atoms with E-state index in [-0.39, 0.29) is 0 Å². The van der Waals surface area contributed by atoms with E-state index in [0.29, 0.717) is 18.1 Å². The second kappa shape index (κ2) is 3.56. The van der Waals surface area contributed by atoms with Gasteiger partial charge in [-0.2, -0.15) is 0 Å². The molecule has 0 radical (unpaired) electrons. The van der Waals surface area contributed by atoms with Crippen LogP contribution in [0.15, 0.2) is 18.2 Å². The summed E-state index contributed by atoms with van der Waals surface area (Å²) >= 11 is 0. The first kappa shape index (κ1) is 10.6. The summed E-state index contributed by atoms with van der Waals surface area (Å²) in [6.45, 7) is 4.55. The lowest BCUT2D eigenvalue weighted by Crippen LogP contribution is -2.21. The van der Waals surface area contributed by atoms with Crippen molar-refractivity contribution in [3.63, 3.8) is 0 Å². The van der Waals surface area contributed by atoms with E-state index < -0.39 is 17.2 Å². The van der Waals surface area contributed by atoms with Crippen molar-refractivity contribution in [2.45, 2.75) is 25.9 Å². The minimum atomic E-state index is -0.600. The Morgan fingerprint density at radius 3 is 2.67 bits per heavy atom. The molecule has 2 rings (SSSR count). The molecule has 0 amide bonds. The molecule has 0 N–H and O–H groups in total. The van der Waals surface area contributed by atoms with Gasteiger partial charge in [0.2, 0.25) is 0 Å². The van der Waals surface area contributed by atoms with Crippen LogP contribution in [0.3, 0.4) is 0 Å². The molecule has 0 spiro atoms. The molecule has 0 bridgehead atoms. The maximum atomic E-state index is 13.6. The molecule has 1 heterocycles. The molecule has 3 heteroatoms. The molecule has 82 valence electrons. The van der Waals surface area contributed by atoms with Crippen LogP contribution >= 0.6 is 0 Å². The van der Waals surface area contributed by atoms with Crippen molar-refractivity contribution < 1.29 is 13.5 Å². The fourth-order valence-electron chi connectivity index (χ4n) is 2.22. The molecule has 15 heavy (non-hydrogen) atoms. The largest absolute Gasteiger partial charge is 0.370 e. The molecule has 1 saturated heterocycles. The van der Waals surface area contributed by atoms with Crippen LogP contribution in [0.2, 0.25) is 0 Å². The molecule has 2 atom stereocenters. The molecule has 0 aliphatic carbocycles. The Bertz CT molecular complexity index is 378. The van der Waals surface area contributed by atoms with Crippen molar-refractivity contribution in [2.75, 3.05) is 6.61 Å². The highest BCUT2D eigenvalue weighted by Gasteiger charge is 2.37. The van der Waals surface area contributed by atoms with Gasteiger partial charge in [0.05, 0.1) is 12.2 Å². The Morgan fingerprint density at radius 1 is 1.40 bits per heavy atom. The van der Waals surface area contributed by atoms with Crippen molar-refractivity contribution in [3.8, 4) is 0 Å². The van der Waals surface area contributed by atoms with Gasteiger partial charge in [0.25, 0.3) is 0 Å². The van der Waals surface area contributed by atoms with Gasteiger partial charge in [0, 0.05) is 11.6 Å². The van der Waals surface area contributed by atoms with Crippen molar-refractivity contribution in [1.29, 1.82) is 0 Å². The molecular weight excluding hydrogens is 198 g/mol. The number of rotatable bonds is 1. The summed E-state index contributed by atoms with van der Waals surface area (Å²) in [4.78, 5) is 0. The van der Waals surface area contributed by atoms with Crippen LogP contribution in [-0.4, -0.2) is 6.61 Å². The zero-order valence-corrected chi connectivity index (χ0v) is 8.89. The lowest BCUT2D eigenvalue weighted by Gasteiger charge is -2.24. The summed E-state index contributed by atoms with van der Waals surface area (Å²) in [6, 6.07) is 3.66. The van der Waals surface area contributed by atoms with E-state index in [1.165, 1.54) is 12.1 Å². The first-order valence-corrected chi connectivity index (χ1v) is 5.11. The van der Waals surface area contributed by atoms with Gasteiger partial charge < -0.3 is 4.74 Å². The molecular formula is C12H14F2O. The smallest absolute Gasteiger partial charge is 0.132 e. The van der Waals surface area contributed by atoms with Crippen LogP contribution in [0, 0.1) is 17.6 Å². The molecule has 0 aromatic heterocycles. The van der Waals surface area contributed by atoms with Crippen LogP contribution in [0.1, 0.15) is 25.8 Å². The van der Waals surface area contributed by atoms with Gasteiger partial charge in [0.15, 0.2) is 0 Å². The Balaban J connectivity index is 2.37. The van der Waals surface area contributed by atoms with Gasteiger partial charge in [0.1, 0.15) is 11.6 Å². The highest BCUT2D eigenvalue weighted by Crippen LogP contribution is 2.39. The van der Waals surface area contributed by atoms with E-state index >= 15 is 0 Å². The number of hydrogen-bond donors (Lipinski definition) is 0. The van der Waals surface area contributed by atoms with E-state index in [1.54, 1.807) is 0 Å². The quantitative estimate of drug-likeness (QED) is 0.694. The standard InChI is InChI=1S/C12H14F2O/c1-8-6-12(2,15-7-8)10-4-3-9(13)5-11(10)14/h3-5,8H,6-7H2,1-2H3/t8?,12-/m1/s1. The SMILES string of the molecule is CC1CO[C@@](C)(c2ccc(F)cc2F)C1. The molecule has 1 unspecified atom stereocenters. The summed E-state index contributed by atoms with van der Waals surface area (Å²) in [5.41, 5.74) is -0.148. The minimum Gasteiger partial charge on any atom is -0.370 e. The van der Waals surface area contributed by atoms with Crippen LogP contribution in [0.5, 0.6) is 0 Å². The van der Waals surface area contributed by atoms with Gasteiger partial charge in [-0.05, 0) is 25.3 Å². The number of ether oxygens (including phenoxy) is 1. The minimum absolute atomic E-state index is 0.416. The first-order chi connectivity index (χ1) is 7.01. The van der Waals surface area contributed by atoms with Crippen LogP contribution in [-0.2, 0) is 10.3 Å². The molecule has 0 saturated carbocycles. The van der Waals surface area contributed by atoms with E-state index in [1.807, 2.05) is 6.92 Å². The lowest BCUT2D eigenvalue weighted by atomic mass is 9.89. The summed E-state index contributed by atoms with van der Waals surface area (Å²) < 4.78 is 31.9. The molecule has 1 aromatic carbocycles. The fourth-order valence-corrected chi connectivity index (χ4v) is 2.22. The van der Waals surface area contributed by atoms with Gasteiger partial charge in [-0.3, -0.25) is 0 Å². The van der Waals surface area contributed by atoms with Gasteiger partial charge in [-0.1, -0.05) is 13.0 Å². The number of hydrogen-bond acceptors (Lipinski definition) is 1. The average Bonchev–Trinajstić information content (AvgIpc) is 2.46. The summed E-state index contributed by atoms with van der Waals surface area (Å²) in [5.74, 6) is -0.656. The predicted molar refractivity (Wildman–Crippen MR) is 53.4 cm³/mol. The summed E-state index contributed by atoms with van der Waals surface area (Å²) in [6.07, 6.45) is 0.773. The Kier molecular flexibility index (Phi) is 2.51. The summed E-state index contributed by atoms with van der Waals surface area (Å²) in [5, 5.41) is 0. The van der Waals surface area contributed by atoms with Crippen LogP contribution < -0.4 is 0 Å². The van der Waals surface area contributed by atoms with Crippen molar-refractivity contribution >= 4 is 0 Å². The molecule has 1 aromatic rings. The van der Waals surface area contributed by atoms with Gasteiger partial charge in [-0.25, -0.2) is 8.78 Å². The van der Waals surface area contributed by atoms with E-state index in [0.717, 1.165) is 12.5 Å². The predicted octanol–water partition coefficient (Wildman–Crippen LogP) is 3.24. The first-order valence-electron chi connectivity index (χ1n) is 5.11. The van der Waals surface area contributed by atoms with Crippen molar-refractivity contribution in [1.82, 2.24) is 0 Å². The van der Waals surface area contributed by atoms with Gasteiger partial charge >= 0.3 is 0 Å². The highest BCUT2D eigenvalue weighted by molar-refractivity contribution is 5.25. The fraction of sp³-hybridized carbons (Fsp3) is 0.500. The number of halogens is 2. The molecule has 1 aliphatic rings. The normalized spacial score (nSPS) is 30.8. The maximum Gasteiger partial charge on any atom is 0.132 e. The van der Waals surface area contributed by atoms with Crippen LogP contribution in [0.4, 0.5) is 8.78 Å². The Labute approximate surface area is 88.1 Å². The average molecular weight is 212 g/mol. The monoisotopic (exact) mass is 212 g/mol. The highest BCUT2D eigenvalue weighted by atomic mass is 19.1. The zero-order valence-electron chi connectivity index (χ0n) is 8.89. The second-order valence-corrected chi connectivity index (χ2v) is 4.48. The zero-order chi connectivity index (χ0) is 11.1. The topological polar surface area (TPSA) is 9.23 Å². The van der Waals surface area contributed by atoms with Gasteiger partial charge in [-0.15, -0.1) is 0 Å².